The summed E-state index contributed by atoms with van der Waals surface area (Å²) in [6.07, 6.45) is 4.04. The molecule has 2 N–H and O–H groups in total. The van der Waals surface area contributed by atoms with E-state index in [0.29, 0.717) is 12.2 Å². The summed E-state index contributed by atoms with van der Waals surface area (Å²) in [5, 5.41) is 15.8. The highest BCUT2D eigenvalue weighted by atomic mass is 19.1. The molecule has 0 unspecified atom stereocenters. The Labute approximate surface area is 114 Å². The third-order valence-corrected chi connectivity index (χ3v) is 2.57. The Morgan fingerprint density at radius 1 is 1.21 bits per heavy atom. The van der Waals surface area contributed by atoms with Gasteiger partial charge in [-0.05, 0) is 30.9 Å². The average Bonchev–Trinajstić information content (AvgIpc) is 2.41. The molecule has 0 saturated heterocycles. The molecule has 5 heteroatoms. The van der Waals surface area contributed by atoms with E-state index in [1.54, 1.807) is 6.20 Å². The molecule has 0 atom stereocenters. The molecular formula is C14H25FN2O2. The van der Waals surface area contributed by atoms with Gasteiger partial charge in [-0.2, -0.15) is 0 Å². The summed E-state index contributed by atoms with van der Waals surface area (Å²) in [6.45, 7) is 5.80. The van der Waals surface area contributed by atoms with Crippen LogP contribution >= 0.6 is 0 Å². The maximum atomic E-state index is 13.9. The van der Waals surface area contributed by atoms with Crippen molar-refractivity contribution in [1.82, 2.24) is 4.98 Å². The number of nitrogens with zero attached hydrogens (tertiary/aromatic N) is 2. The zero-order valence-electron chi connectivity index (χ0n) is 12.1. The monoisotopic (exact) mass is 272 g/mol. The highest BCUT2D eigenvalue weighted by Crippen LogP contribution is 2.18. The van der Waals surface area contributed by atoms with E-state index >= 15 is 0 Å². The minimum atomic E-state index is -0.294. The average molecular weight is 272 g/mol. The third-order valence-electron chi connectivity index (χ3n) is 2.57. The third kappa shape index (κ3) is 5.98. The number of halogens is 1. The maximum absolute atomic E-state index is 13.9. The first kappa shape index (κ1) is 17.8. The van der Waals surface area contributed by atoms with Crippen LogP contribution in [0.2, 0.25) is 0 Å². The van der Waals surface area contributed by atoms with Gasteiger partial charge in [0, 0.05) is 33.0 Å². The highest BCUT2D eigenvalue weighted by Gasteiger charge is 2.12. The van der Waals surface area contributed by atoms with Gasteiger partial charge in [-0.15, -0.1) is 0 Å². The molecule has 1 rings (SSSR count). The molecule has 0 aliphatic heterocycles. The summed E-state index contributed by atoms with van der Waals surface area (Å²) >= 11 is 0. The number of aliphatic hydroxyl groups is 2. The fourth-order valence-electron chi connectivity index (χ4n) is 1.83. The summed E-state index contributed by atoms with van der Waals surface area (Å²) in [4.78, 5) is 6.14. The van der Waals surface area contributed by atoms with Gasteiger partial charge in [0.15, 0.2) is 11.6 Å². The lowest BCUT2D eigenvalue weighted by Gasteiger charge is -2.23. The molecule has 1 heterocycles. The number of hydrogen-bond donors (Lipinski definition) is 2. The van der Waals surface area contributed by atoms with E-state index in [2.05, 4.69) is 18.8 Å². The van der Waals surface area contributed by atoms with Crippen LogP contribution in [-0.4, -0.2) is 42.0 Å². The van der Waals surface area contributed by atoms with Crippen molar-refractivity contribution < 1.29 is 14.6 Å². The van der Waals surface area contributed by atoms with Gasteiger partial charge in [0.1, 0.15) is 0 Å². The lowest BCUT2D eigenvalue weighted by molar-refractivity contribution is 0.299. The molecule has 1 aromatic heterocycles. The first-order valence-electron chi connectivity index (χ1n) is 6.67. The normalized spacial score (nSPS) is 9.79. The molecule has 110 valence electrons. The van der Waals surface area contributed by atoms with Gasteiger partial charge >= 0.3 is 0 Å². The van der Waals surface area contributed by atoms with Crippen molar-refractivity contribution in [2.45, 2.75) is 33.1 Å². The van der Waals surface area contributed by atoms with Crippen molar-refractivity contribution >= 4 is 5.82 Å². The molecule has 4 nitrogen and oxygen atoms in total. The number of aromatic nitrogens is 1. The van der Waals surface area contributed by atoms with Crippen LogP contribution in [0.25, 0.3) is 0 Å². The van der Waals surface area contributed by atoms with Crippen LogP contribution in [0.15, 0.2) is 12.3 Å². The second kappa shape index (κ2) is 10.7. The summed E-state index contributed by atoms with van der Waals surface area (Å²) in [7, 11) is 1.00. The van der Waals surface area contributed by atoms with E-state index in [1.165, 1.54) is 6.07 Å². The number of aliphatic hydroxyl groups excluding tert-OH is 2. The van der Waals surface area contributed by atoms with Crippen LogP contribution in [0, 0.1) is 5.82 Å². The SMILES string of the molecule is CCCN(CCC)c1ncc(CCO)cc1F.CO. The number of hydrogen-bond acceptors (Lipinski definition) is 4. The van der Waals surface area contributed by atoms with E-state index in [0.717, 1.165) is 38.6 Å². The fraction of sp³-hybridized carbons (Fsp3) is 0.643. The molecule has 0 spiro atoms. The summed E-state index contributed by atoms with van der Waals surface area (Å²) in [5.41, 5.74) is 0.738. The molecule has 1 aromatic rings. The van der Waals surface area contributed by atoms with Crippen molar-refractivity contribution in [2.75, 3.05) is 31.7 Å². The topological polar surface area (TPSA) is 56.6 Å². The van der Waals surface area contributed by atoms with Crippen LogP contribution < -0.4 is 4.90 Å². The molecule has 0 saturated carbocycles. The summed E-state index contributed by atoms with van der Waals surface area (Å²) in [5.74, 6) is 0.133. The van der Waals surface area contributed by atoms with Crippen LogP contribution in [0.3, 0.4) is 0 Å². The van der Waals surface area contributed by atoms with Crippen LogP contribution in [-0.2, 0) is 6.42 Å². The van der Waals surface area contributed by atoms with Crippen molar-refractivity contribution in [3.8, 4) is 0 Å². The van der Waals surface area contributed by atoms with Crippen molar-refractivity contribution in [3.63, 3.8) is 0 Å². The predicted octanol–water partition coefficient (Wildman–Crippen LogP) is 1.99. The standard InChI is InChI=1S/C13H21FN2O.CH4O/c1-3-6-16(7-4-2)13-12(14)9-11(5-8-17)10-15-13;1-2/h9-10,17H,3-8H2,1-2H3;2H,1H3. The molecule has 0 bridgehead atoms. The predicted molar refractivity (Wildman–Crippen MR) is 75.9 cm³/mol. The summed E-state index contributed by atoms with van der Waals surface area (Å²) < 4.78 is 13.9. The Hall–Kier alpha value is -1.20. The fourth-order valence-corrected chi connectivity index (χ4v) is 1.83. The molecule has 0 aliphatic carbocycles. The van der Waals surface area contributed by atoms with E-state index in [9.17, 15) is 4.39 Å². The molecule has 19 heavy (non-hydrogen) atoms. The lowest BCUT2D eigenvalue weighted by Crippen LogP contribution is -2.27. The highest BCUT2D eigenvalue weighted by molar-refractivity contribution is 5.41. The van der Waals surface area contributed by atoms with Crippen LogP contribution in [0.1, 0.15) is 32.3 Å². The Bertz CT molecular complexity index is 342. The Morgan fingerprint density at radius 3 is 2.21 bits per heavy atom. The molecule has 0 fully saturated rings. The number of anilines is 1. The zero-order valence-corrected chi connectivity index (χ0v) is 12.1. The second-order valence-corrected chi connectivity index (χ2v) is 4.11. The quantitative estimate of drug-likeness (QED) is 0.797. The Kier molecular flexibility index (Phi) is 10.0. The van der Waals surface area contributed by atoms with Crippen molar-refractivity contribution in [2.24, 2.45) is 0 Å². The van der Waals surface area contributed by atoms with E-state index in [-0.39, 0.29) is 12.4 Å². The minimum absolute atomic E-state index is 0.0219. The van der Waals surface area contributed by atoms with Gasteiger partial charge in [0.2, 0.25) is 0 Å². The zero-order chi connectivity index (χ0) is 14.7. The smallest absolute Gasteiger partial charge is 0.165 e. The largest absolute Gasteiger partial charge is 0.400 e. The first-order chi connectivity index (χ1) is 9.22. The van der Waals surface area contributed by atoms with E-state index < -0.39 is 0 Å². The molecular weight excluding hydrogens is 247 g/mol. The van der Waals surface area contributed by atoms with Gasteiger partial charge < -0.3 is 15.1 Å². The molecule has 0 amide bonds. The van der Waals surface area contributed by atoms with Gasteiger partial charge in [0.25, 0.3) is 0 Å². The maximum Gasteiger partial charge on any atom is 0.165 e. The number of rotatable bonds is 7. The molecule has 0 radical (unpaired) electrons. The summed E-state index contributed by atoms with van der Waals surface area (Å²) in [6, 6.07) is 1.47. The minimum Gasteiger partial charge on any atom is -0.400 e. The molecule has 0 aliphatic rings. The van der Waals surface area contributed by atoms with Crippen LogP contribution in [0.5, 0.6) is 0 Å². The van der Waals surface area contributed by atoms with E-state index in [1.807, 2.05) is 4.90 Å². The Balaban J connectivity index is 0.00000154. The van der Waals surface area contributed by atoms with Gasteiger partial charge in [-0.25, -0.2) is 9.37 Å². The van der Waals surface area contributed by atoms with E-state index in [4.69, 9.17) is 10.2 Å². The van der Waals surface area contributed by atoms with Gasteiger partial charge in [0.05, 0.1) is 0 Å². The van der Waals surface area contributed by atoms with Gasteiger partial charge in [-0.1, -0.05) is 13.8 Å². The lowest BCUT2D eigenvalue weighted by atomic mass is 10.2. The van der Waals surface area contributed by atoms with Crippen LogP contribution in [0.4, 0.5) is 10.2 Å². The van der Waals surface area contributed by atoms with Crippen molar-refractivity contribution in [1.29, 1.82) is 0 Å². The second-order valence-electron chi connectivity index (χ2n) is 4.11. The Morgan fingerprint density at radius 2 is 1.79 bits per heavy atom. The van der Waals surface area contributed by atoms with Gasteiger partial charge in [-0.3, -0.25) is 0 Å². The van der Waals surface area contributed by atoms with Crippen molar-refractivity contribution in [3.05, 3.63) is 23.6 Å². The number of pyridine rings is 1. The molecule has 0 aromatic carbocycles. The first-order valence-corrected chi connectivity index (χ1v) is 6.67.